The van der Waals surface area contributed by atoms with E-state index in [1.807, 2.05) is 26.0 Å². The fourth-order valence-corrected chi connectivity index (χ4v) is 2.23. The van der Waals surface area contributed by atoms with Gasteiger partial charge in [0.05, 0.1) is 12.7 Å². The minimum atomic E-state index is -0.758. The lowest BCUT2D eigenvalue weighted by Gasteiger charge is -2.21. The highest BCUT2D eigenvalue weighted by atomic mass is 16.5. The van der Waals surface area contributed by atoms with Crippen molar-refractivity contribution in [1.82, 2.24) is 5.32 Å². The third-order valence-corrected chi connectivity index (χ3v) is 4.13. The SMILES string of the molecule is CC[C@H](C)[C@H](NC(=O)COC(=O)c1ccc(C(C)C)cc1)C(=O)OC. The maximum atomic E-state index is 12.0. The zero-order valence-corrected chi connectivity index (χ0v) is 15.5. The maximum absolute atomic E-state index is 12.0. The minimum absolute atomic E-state index is 0.0873. The van der Waals surface area contributed by atoms with Gasteiger partial charge in [0.15, 0.2) is 6.61 Å². The topological polar surface area (TPSA) is 81.7 Å². The van der Waals surface area contributed by atoms with Gasteiger partial charge in [-0.1, -0.05) is 46.2 Å². The molecule has 0 radical (unpaired) electrons. The highest BCUT2D eigenvalue weighted by Crippen LogP contribution is 2.15. The Morgan fingerprint density at radius 3 is 2.16 bits per heavy atom. The van der Waals surface area contributed by atoms with Gasteiger partial charge in [0, 0.05) is 0 Å². The van der Waals surface area contributed by atoms with Crippen molar-refractivity contribution < 1.29 is 23.9 Å². The number of ether oxygens (including phenoxy) is 2. The second-order valence-corrected chi connectivity index (χ2v) is 6.31. The summed E-state index contributed by atoms with van der Waals surface area (Å²) in [5.74, 6) is -1.35. The largest absolute Gasteiger partial charge is 0.467 e. The number of methoxy groups -OCH3 is 1. The number of esters is 2. The lowest BCUT2D eigenvalue weighted by atomic mass is 9.99. The molecule has 0 aliphatic heterocycles. The molecule has 0 unspecified atom stereocenters. The molecule has 1 amide bonds. The van der Waals surface area contributed by atoms with Crippen LogP contribution in [0.2, 0.25) is 0 Å². The van der Waals surface area contributed by atoms with Crippen LogP contribution in [0.3, 0.4) is 0 Å². The molecular weight excluding hydrogens is 322 g/mol. The van der Waals surface area contributed by atoms with Crippen molar-refractivity contribution in [1.29, 1.82) is 0 Å². The first-order valence-electron chi connectivity index (χ1n) is 8.44. The first-order chi connectivity index (χ1) is 11.8. The second-order valence-electron chi connectivity index (χ2n) is 6.31. The molecule has 0 bridgehead atoms. The molecule has 0 heterocycles. The average molecular weight is 349 g/mol. The highest BCUT2D eigenvalue weighted by Gasteiger charge is 2.27. The predicted octanol–water partition coefficient (Wildman–Crippen LogP) is 2.67. The third-order valence-electron chi connectivity index (χ3n) is 4.13. The number of hydrogen-bond donors (Lipinski definition) is 1. The Balaban J connectivity index is 2.59. The summed E-state index contributed by atoms with van der Waals surface area (Å²) in [6.07, 6.45) is 0.696. The second kappa shape index (κ2) is 9.81. The summed E-state index contributed by atoms with van der Waals surface area (Å²) in [6.45, 7) is 7.42. The van der Waals surface area contributed by atoms with Crippen LogP contribution in [0.15, 0.2) is 24.3 Å². The van der Waals surface area contributed by atoms with Crippen LogP contribution in [-0.2, 0) is 19.1 Å². The normalized spacial score (nSPS) is 13.0. The standard InChI is InChI=1S/C19H27NO5/c1-6-13(4)17(19(23)24-5)20-16(21)11-25-18(22)15-9-7-14(8-10-15)12(2)3/h7-10,12-13,17H,6,11H2,1-5H3,(H,20,21)/t13-,17-/m0/s1. The van der Waals surface area contributed by atoms with E-state index in [0.717, 1.165) is 5.56 Å². The van der Waals surface area contributed by atoms with Crippen molar-refractivity contribution in [3.8, 4) is 0 Å². The molecule has 0 saturated heterocycles. The molecule has 0 saturated carbocycles. The maximum Gasteiger partial charge on any atom is 0.338 e. The van der Waals surface area contributed by atoms with Gasteiger partial charge in [0.2, 0.25) is 0 Å². The fourth-order valence-electron chi connectivity index (χ4n) is 2.23. The number of carbonyl (C=O) groups excluding carboxylic acids is 3. The highest BCUT2D eigenvalue weighted by molar-refractivity contribution is 5.92. The van der Waals surface area contributed by atoms with Crippen LogP contribution in [-0.4, -0.2) is 37.6 Å². The Morgan fingerprint density at radius 1 is 1.08 bits per heavy atom. The third kappa shape index (κ3) is 6.21. The molecule has 0 fully saturated rings. The van der Waals surface area contributed by atoms with Crippen molar-refractivity contribution in [2.45, 2.75) is 46.1 Å². The number of carbonyl (C=O) groups is 3. The smallest absolute Gasteiger partial charge is 0.338 e. The van der Waals surface area contributed by atoms with Crippen LogP contribution < -0.4 is 5.32 Å². The minimum Gasteiger partial charge on any atom is -0.467 e. The summed E-state index contributed by atoms with van der Waals surface area (Å²) >= 11 is 0. The molecular formula is C19H27NO5. The monoisotopic (exact) mass is 349 g/mol. The average Bonchev–Trinajstić information content (AvgIpc) is 2.62. The zero-order chi connectivity index (χ0) is 19.0. The van der Waals surface area contributed by atoms with E-state index >= 15 is 0 Å². The molecule has 1 aromatic rings. The molecule has 1 aromatic carbocycles. The van der Waals surface area contributed by atoms with Gasteiger partial charge in [-0.15, -0.1) is 0 Å². The quantitative estimate of drug-likeness (QED) is 0.730. The van der Waals surface area contributed by atoms with Crippen LogP contribution in [0.4, 0.5) is 0 Å². The lowest BCUT2D eigenvalue weighted by molar-refractivity contribution is -0.147. The van der Waals surface area contributed by atoms with Crippen LogP contribution in [0, 0.1) is 5.92 Å². The van der Waals surface area contributed by atoms with Gasteiger partial charge in [0.25, 0.3) is 5.91 Å². The summed E-state index contributed by atoms with van der Waals surface area (Å²) in [6, 6.07) is 6.30. The summed E-state index contributed by atoms with van der Waals surface area (Å²) < 4.78 is 9.71. The lowest BCUT2D eigenvalue weighted by Crippen LogP contribution is -2.47. The number of benzene rings is 1. The molecule has 6 heteroatoms. The Labute approximate surface area is 148 Å². The molecule has 0 aromatic heterocycles. The van der Waals surface area contributed by atoms with Crippen molar-refractivity contribution in [3.05, 3.63) is 35.4 Å². The van der Waals surface area contributed by atoms with E-state index in [1.54, 1.807) is 12.1 Å². The Bertz CT molecular complexity index is 594. The first-order valence-corrected chi connectivity index (χ1v) is 8.44. The Kier molecular flexibility index (Phi) is 8.11. The van der Waals surface area contributed by atoms with E-state index in [-0.39, 0.29) is 5.92 Å². The summed E-state index contributed by atoms with van der Waals surface area (Å²) in [4.78, 5) is 35.7. The number of rotatable bonds is 8. The van der Waals surface area contributed by atoms with Gasteiger partial charge in [-0.2, -0.15) is 0 Å². The molecule has 6 nitrogen and oxygen atoms in total. The predicted molar refractivity (Wildman–Crippen MR) is 94.2 cm³/mol. The van der Waals surface area contributed by atoms with E-state index in [0.29, 0.717) is 17.9 Å². The summed E-state index contributed by atoms with van der Waals surface area (Å²) in [5, 5.41) is 2.56. The van der Waals surface area contributed by atoms with Crippen molar-refractivity contribution in [3.63, 3.8) is 0 Å². The van der Waals surface area contributed by atoms with Gasteiger partial charge in [-0.05, 0) is 29.5 Å². The zero-order valence-electron chi connectivity index (χ0n) is 15.5. The van der Waals surface area contributed by atoms with E-state index in [1.165, 1.54) is 7.11 Å². The Hall–Kier alpha value is -2.37. The number of hydrogen-bond acceptors (Lipinski definition) is 5. The van der Waals surface area contributed by atoms with Crippen LogP contribution in [0.5, 0.6) is 0 Å². The molecule has 1 N–H and O–H groups in total. The van der Waals surface area contributed by atoms with E-state index in [9.17, 15) is 14.4 Å². The van der Waals surface area contributed by atoms with E-state index in [4.69, 9.17) is 9.47 Å². The molecule has 2 atom stereocenters. The fraction of sp³-hybridized carbons (Fsp3) is 0.526. The molecule has 138 valence electrons. The Morgan fingerprint density at radius 2 is 1.68 bits per heavy atom. The van der Waals surface area contributed by atoms with E-state index in [2.05, 4.69) is 19.2 Å². The molecule has 0 aliphatic carbocycles. The number of amides is 1. The van der Waals surface area contributed by atoms with Gasteiger partial charge in [-0.3, -0.25) is 4.79 Å². The van der Waals surface area contributed by atoms with Gasteiger partial charge < -0.3 is 14.8 Å². The van der Waals surface area contributed by atoms with Crippen molar-refractivity contribution in [2.24, 2.45) is 5.92 Å². The summed E-state index contributed by atoms with van der Waals surface area (Å²) in [7, 11) is 1.27. The van der Waals surface area contributed by atoms with Crippen LogP contribution >= 0.6 is 0 Å². The van der Waals surface area contributed by atoms with Gasteiger partial charge >= 0.3 is 11.9 Å². The van der Waals surface area contributed by atoms with Crippen LogP contribution in [0.1, 0.15) is 56.0 Å². The molecule has 0 aliphatic rings. The van der Waals surface area contributed by atoms with Crippen molar-refractivity contribution >= 4 is 17.8 Å². The number of nitrogens with one attached hydrogen (secondary N) is 1. The molecule has 0 spiro atoms. The van der Waals surface area contributed by atoms with E-state index < -0.39 is 30.5 Å². The van der Waals surface area contributed by atoms with Crippen LogP contribution in [0.25, 0.3) is 0 Å². The molecule has 1 rings (SSSR count). The van der Waals surface area contributed by atoms with Gasteiger partial charge in [-0.25, -0.2) is 9.59 Å². The first kappa shape index (κ1) is 20.7. The van der Waals surface area contributed by atoms with Gasteiger partial charge in [0.1, 0.15) is 6.04 Å². The summed E-state index contributed by atoms with van der Waals surface area (Å²) in [5.41, 5.74) is 1.49. The van der Waals surface area contributed by atoms with Crippen molar-refractivity contribution in [2.75, 3.05) is 13.7 Å². The molecule has 25 heavy (non-hydrogen) atoms.